The third-order valence-corrected chi connectivity index (χ3v) is 4.09. The third kappa shape index (κ3) is 3.38. The Balaban J connectivity index is 1.92. The average Bonchev–Trinajstić information content (AvgIpc) is 2.43. The van der Waals surface area contributed by atoms with Crippen molar-refractivity contribution in [2.45, 2.75) is 33.6 Å². The summed E-state index contributed by atoms with van der Waals surface area (Å²) >= 11 is 0. The number of nitrogens with one attached hydrogen (secondary N) is 1. The molecule has 0 saturated carbocycles. The predicted octanol–water partition coefficient (Wildman–Crippen LogP) is 2.50. The van der Waals surface area contributed by atoms with Gasteiger partial charge in [-0.3, -0.25) is 9.59 Å². The molecule has 20 heavy (non-hydrogen) atoms. The van der Waals surface area contributed by atoms with Gasteiger partial charge in [0, 0.05) is 31.6 Å². The van der Waals surface area contributed by atoms with Gasteiger partial charge in [-0.2, -0.15) is 0 Å². The first-order valence-corrected chi connectivity index (χ1v) is 7.11. The molecule has 1 aromatic rings. The van der Waals surface area contributed by atoms with E-state index in [-0.39, 0.29) is 17.7 Å². The molecule has 4 nitrogen and oxygen atoms in total. The van der Waals surface area contributed by atoms with Gasteiger partial charge in [-0.05, 0) is 49.9 Å². The fourth-order valence-electron chi connectivity index (χ4n) is 2.52. The van der Waals surface area contributed by atoms with E-state index < -0.39 is 0 Å². The van der Waals surface area contributed by atoms with Gasteiger partial charge < -0.3 is 10.2 Å². The number of aryl methyl sites for hydroxylation is 2. The summed E-state index contributed by atoms with van der Waals surface area (Å²) in [6.07, 6.45) is 1.49. The highest BCUT2D eigenvalue weighted by atomic mass is 16.2. The molecule has 0 unspecified atom stereocenters. The van der Waals surface area contributed by atoms with E-state index in [1.807, 2.05) is 25.1 Å². The van der Waals surface area contributed by atoms with Crippen LogP contribution in [-0.2, 0) is 9.59 Å². The summed E-state index contributed by atoms with van der Waals surface area (Å²) in [5.74, 6) is 0.168. The molecule has 108 valence electrons. The lowest BCUT2D eigenvalue weighted by atomic mass is 9.95. The Bertz CT molecular complexity index is 517. The number of carbonyl (C=O) groups excluding carboxylic acids is 2. The zero-order valence-electron chi connectivity index (χ0n) is 12.4. The van der Waals surface area contributed by atoms with E-state index in [9.17, 15) is 9.59 Å². The van der Waals surface area contributed by atoms with Crippen LogP contribution in [0.1, 0.15) is 30.9 Å². The summed E-state index contributed by atoms with van der Waals surface area (Å²) in [6.45, 7) is 7.03. The Labute approximate surface area is 120 Å². The molecular formula is C16H22N2O2. The highest BCUT2D eigenvalue weighted by Crippen LogP contribution is 2.20. The topological polar surface area (TPSA) is 49.4 Å². The summed E-state index contributed by atoms with van der Waals surface area (Å²) in [5, 5.41) is 2.98. The van der Waals surface area contributed by atoms with Crippen molar-refractivity contribution in [3.05, 3.63) is 29.3 Å². The van der Waals surface area contributed by atoms with Crippen molar-refractivity contribution in [3.63, 3.8) is 0 Å². The Morgan fingerprint density at radius 2 is 1.80 bits per heavy atom. The van der Waals surface area contributed by atoms with Crippen molar-refractivity contribution in [2.24, 2.45) is 5.92 Å². The highest BCUT2D eigenvalue weighted by molar-refractivity contribution is 5.92. The standard InChI is InChI=1S/C16H22N2O2/c1-11-4-5-15(10-12(11)2)17-16(20)14-6-8-18(9-7-14)13(3)19/h4-5,10,14H,6-9H2,1-3H3,(H,17,20). The van der Waals surface area contributed by atoms with Crippen LogP contribution in [0, 0.1) is 19.8 Å². The molecule has 1 N–H and O–H groups in total. The van der Waals surface area contributed by atoms with Gasteiger partial charge >= 0.3 is 0 Å². The Hall–Kier alpha value is -1.84. The average molecular weight is 274 g/mol. The maximum Gasteiger partial charge on any atom is 0.227 e. The first-order valence-electron chi connectivity index (χ1n) is 7.11. The van der Waals surface area contributed by atoms with E-state index >= 15 is 0 Å². The van der Waals surface area contributed by atoms with Crippen molar-refractivity contribution in [1.29, 1.82) is 0 Å². The van der Waals surface area contributed by atoms with Gasteiger partial charge in [0.05, 0.1) is 0 Å². The van der Waals surface area contributed by atoms with E-state index in [0.717, 1.165) is 18.5 Å². The molecule has 4 heteroatoms. The minimum absolute atomic E-state index is 0.00668. The number of hydrogen-bond acceptors (Lipinski definition) is 2. The SMILES string of the molecule is CC(=O)N1CCC(C(=O)Nc2ccc(C)c(C)c2)CC1. The van der Waals surface area contributed by atoms with Gasteiger partial charge in [0.25, 0.3) is 0 Å². The van der Waals surface area contributed by atoms with Crippen molar-refractivity contribution in [1.82, 2.24) is 4.90 Å². The van der Waals surface area contributed by atoms with Crippen LogP contribution in [-0.4, -0.2) is 29.8 Å². The maximum absolute atomic E-state index is 12.2. The first kappa shape index (κ1) is 14.6. The number of benzene rings is 1. The highest BCUT2D eigenvalue weighted by Gasteiger charge is 2.25. The lowest BCUT2D eigenvalue weighted by Gasteiger charge is -2.30. The fourth-order valence-corrected chi connectivity index (χ4v) is 2.52. The van der Waals surface area contributed by atoms with E-state index in [0.29, 0.717) is 13.1 Å². The Kier molecular flexibility index (Phi) is 4.42. The van der Waals surface area contributed by atoms with Gasteiger partial charge in [-0.25, -0.2) is 0 Å². The van der Waals surface area contributed by atoms with Crippen LogP contribution in [0.5, 0.6) is 0 Å². The van der Waals surface area contributed by atoms with Crippen LogP contribution in [0.2, 0.25) is 0 Å². The van der Waals surface area contributed by atoms with E-state index in [1.165, 1.54) is 11.1 Å². The number of nitrogens with zero attached hydrogens (tertiary/aromatic N) is 1. The van der Waals surface area contributed by atoms with Gasteiger partial charge in [-0.1, -0.05) is 6.07 Å². The minimum Gasteiger partial charge on any atom is -0.343 e. The van der Waals surface area contributed by atoms with Crippen LogP contribution < -0.4 is 5.32 Å². The molecule has 1 aliphatic heterocycles. The molecule has 0 bridgehead atoms. The van der Waals surface area contributed by atoms with Gasteiger partial charge in [0.1, 0.15) is 0 Å². The number of anilines is 1. The first-order chi connectivity index (χ1) is 9.47. The van der Waals surface area contributed by atoms with Crippen LogP contribution >= 0.6 is 0 Å². The molecule has 0 aliphatic carbocycles. The van der Waals surface area contributed by atoms with Crippen molar-refractivity contribution < 1.29 is 9.59 Å². The fraction of sp³-hybridized carbons (Fsp3) is 0.500. The largest absolute Gasteiger partial charge is 0.343 e. The molecule has 0 atom stereocenters. The number of likely N-dealkylation sites (tertiary alicyclic amines) is 1. The molecule has 0 radical (unpaired) electrons. The zero-order chi connectivity index (χ0) is 14.7. The third-order valence-electron chi connectivity index (χ3n) is 4.09. The van der Waals surface area contributed by atoms with Gasteiger partial charge in [-0.15, -0.1) is 0 Å². The summed E-state index contributed by atoms with van der Waals surface area (Å²) in [5.41, 5.74) is 3.25. The van der Waals surface area contributed by atoms with E-state index in [4.69, 9.17) is 0 Å². The molecule has 1 saturated heterocycles. The Morgan fingerprint density at radius 3 is 2.35 bits per heavy atom. The van der Waals surface area contributed by atoms with Crippen molar-refractivity contribution in [2.75, 3.05) is 18.4 Å². The second-order valence-corrected chi connectivity index (χ2v) is 5.57. The van der Waals surface area contributed by atoms with E-state index in [2.05, 4.69) is 12.2 Å². The number of hydrogen-bond donors (Lipinski definition) is 1. The Morgan fingerprint density at radius 1 is 1.15 bits per heavy atom. The molecule has 1 fully saturated rings. The molecule has 2 amide bonds. The number of amides is 2. The second-order valence-electron chi connectivity index (χ2n) is 5.57. The number of rotatable bonds is 2. The van der Waals surface area contributed by atoms with E-state index in [1.54, 1.807) is 11.8 Å². The minimum atomic E-state index is 0.00668. The number of carbonyl (C=O) groups is 2. The smallest absolute Gasteiger partial charge is 0.227 e. The molecule has 1 heterocycles. The van der Waals surface area contributed by atoms with Crippen LogP contribution in [0.25, 0.3) is 0 Å². The monoisotopic (exact) mass is 274 g/mol. The lowest BCUT2D eigenvalue weighted by molar-refractivity contribution is -0.132. The van der Waals surface area contributed by atoms with Crippen LogP contribution in [0.15, 0.2) is 18.2 Å². The molecule has 0 spiro atoms. The van der Waals surface area contributed by atoms with Gasteiger partial charge in [0.2, 0.25) is 11.8 Å². The molecule has 1 aliphatic rings. The molecule has 2 rings (SSSR count). The molecular weight excluding hydrogens is 252 g/mol. The lowest BCUT2D eigenvalue weighted by Crippen LogP contribution is -2.40. The summed E-state index contributed by atoms with van der Waals surface area (Å²) < 4.78 is 0. The van der Waals surface area contributed by atoms with Crippen LogP contribution in [0.3, 0.4) is 0 Å². The summed E-state index contributed by atoms with van der Waals surface area (Å²) in [4.78, 5) is 25.3. The van der Waals surface area contributed by atoms with Crippen LogP contribution in [0.4, 0.5) is 5.69 Å². The quantitative estimate of drug-likeness (QED) is 0.900. The zero-order valence-corrected chi connectivity index (χ0v) is 12.4. The molecule has 0 aromatic heterocycles. The van der Waals surface area contributed by atoms with Crippen molar-refractivity contribution in [3.8, 4) is 0 Å². The number of piperidine rings is 1. The normalized spacial score (nSPS) is 16.1. The maximum atomic E-state index is 12.2. The van der Waals surface area contributed by atoms with Crippen molar-refractivity contribution >= 4 is 17.5 Å². The van der Waals surface area contributed by atoms with Gasteiger partial charge in [0.15, 0.2) is 0 Å². The predicted molar refractivity (Wildman–Crippen MR) is 79.5 cm³/mol. The summed E-state index contributed by atoms with van der Waals surface area (Å²) in [7, 11) is 0. The molecule has 1 aromatic carbocycles. The summed E-state index contributed by atoms with van der Waals surface area (Å²) in [6, 6.07) is 5.95. The second kappa shape index (κ2) is 6.07.